The minimum absolute atomic E-state index is 0. The molecule has 26 valence electrons. The fraction of sp³-hybridized carbons (Fsp3) is 0. The molecular formula is Ce2Te3. The van der Waals surface area contributed by atoms with Gasteiger partial charge in [-0.05, 0) is 0 Å². The van der Waals surface area contributed by atoms with Crippen LogP contribution in [0.2, 0.25) is 0 Å². The van der Waals surface area contributed by atoms with Crippen molar-refractivity contribution in [2.45, 2.75) is 0 Å². The van der Waals surface area contributed by atoms with E-state index < -0.39 is 0 Å². The van der Waals surface area contributed by atoms with Crippen LogP contribution in [0.5, 0.6) is 0 Å². The van der Waals surface area contributed by atoms with Crippen LogP contribution < -0.4 is 0 Å². The van der Waals surface area contributed by atoms with Gasteiger partial charge in [0.2, 0.25) is 0 Å². The smallest absolute Gasteiger partial charge is 2.00 e. The first kappa shape index (κ1) is 32.1. The average molecular weight is 663 g/mol. The molecule has 5 heteroatoms. The molecule has 2 radical (unpaired) electrons. The first-order chi connectivity index (χ1) is 0. The van der Waals surface area contributed by atoms with E-state index in [4.69, 9.17) is 0 Å². The summed E-state index contributed by atoms with van der Waals surface area (Å²) >= 11 is 0. The van der Waals surface area contributed by atoms with E-state index in [2.05, 4.69) is 0 Å². The Morgan fingerprint density at radius 3 is 0.400 bits per heavy atom. The molecule has 0 nitrogen and oxygen atoms in total. The first-order valence-electron chi connectivity index (χ1n) is 0. The van der Waals surface area contributed by atoms with Crippen molar-refractivity contribution >= 4 is 71.0 Å². The topological polar surface area (TPSA) is 0 Å². The molecule has 0 unspecified atom stereocenters. The molecular weight excluding hydrogens is 663 g/mol. The molecule has 0 spiro atoms. The molecule has 0 aliphatic heterocycles. The van der Waals surface area contributed by atoms with Crippen molar-refractivity contribution in [2.75, 3.05) is 0 Å². The van der Waals surface area contributed by atoms with Crippen molar-refractivity contribution in [2.24, 2.45) is 0 Å². The Morgan fingerprint density at radius 2 is 0.400 bits per heavy atom. The molecule has 0 aromatic carbocycles. The van der Waals surface area contributed by atoms with Gasteiger partial charge < -0.3 is 71.0 Å². The van der Waals surface area contributed by atoms with E-state index in [-0.39, 0.29) is 154 Å². The summed E-state index contributed by atoms with van der Waals surface area (Å²) in [6, 6.07) is 0. The van der Waals surface area contributed by atoms with Gasteiger partial charge in [-0.15, -0.1) is 0 Å². The largest absolute Gasteiger partial charge is 3.00 e. The molecule has 0 fully saturated rings. The van der Waals surface area contributed by atoms with Gasteiger partial charge in [-0.25, -0.2) is 0 Å². The number of hydrogen-bond donors (Lipinski definition) is 0. The number of rotatable bonds is 0. The Hall–Kier alpha value is 5.12. The van der Waals surface area contributed by atoms with E-state index >= 15 is 0 Å². The first-order valence-corrected chi connectivity index (χ1v) is 0. The van der Waals surface area contributed by atoms with Gasteiger partial charge in [-0.3, -0.25) is 0 Å². The fourth-order valence-corrected chi connectivity index (χ4v) is 0. The van der Waals surface area contributed by atoms with E-state index in [9.17, 15) is 0 Å². The normalized spacial score (nSPS) is 0. The summed E-state index contributed by atoms with van der Waals surface area (Å²) in [5, 5.41) is 0. The second-order valence-electron chi connectivity index (χ2n) is 0. The van der Waals surface area contributed by atoms with Crippen molar-refractivity contribution in [1.82, 2.24) is 0 Å². The second-order valence-corrected chi connectivity index (χ2v) is 0. The molecule has 0 N–H and O–H groups in total. The Balaban J connectivity index is 0. The van der Waals surface area contributed by atoms with Gasteiger partial charge in [0, 0.05) is 0 Å². The van der Waals surface area contributed by atoms with Crippen molar-refractivity contribution in [1.29, 1.82) is 0 Å². The van der Waals surface area contributed by atoms with Gasteiger partial charge >= 0.3 is 83.5 Å². The van der Waals surface area contributed by atoms with Crippen molar-refractivity contribution < 1.29 is 83.5 Å². The van der Waals surface area contributed by atoms with Gasteiger partial charge in [-0.1, -0.05) is 0 Å². The Labute approximate surface area is 150 Å². The summed E-state index contributed by atoms with van der Waals surface area (Å²) in [5.74, 6) is 0. The molecule has 0 saturated carbocycles. The Bertz CT molecular complexity index is 4.85. The van der Waals surface area contributed by atoms with Crippen molar-refractivity contribution in [3.8, 4) is 0 Å². The summed E-state index contributed by atoms with van der Waals surface area (Å²) in [4.78, 5) is 0. The van der Waals surface area contributed by atoms with Crippen LogP contribution in [0.15, 0.2) is 0 Å². The molecule has 0 aromatic rings. The molecule has 5 heavy (non-hydrogen) atoms. The third-order valence-corrected chi connectivity index (χ3v) is 0. The zero-order chi connectivity index (χ0) is 0. The second kappa shape index (κ2) is 22.9. The van der Waals surface area contributed by atoms with Gasteiger partial charge in [0.15, 0.2) is 0 Å². The van der Waals surface area contributed by atoms with Crippen molar-refractivity contribution in [3.05, 3.63) is 0 Å². The Morgan fingerprint density at radius 1 is 0.400 bits per heavy atom. The molecule has 0 aliphatic carbocycles. The van der Waals surface area contributed by atoms with Crippen LogP contribution in [0.3, 0.4) is 0 Å². The molecule has 0 rings (SSSR count). The Kier molecular flexibility index (Phi) is 147. The van der Waals surface area contributed by atoms with Crippen LogP contribution in [0.4, 0.5) is 0 Å². The third kappa shape index (κ3) is 17.6. The minimum atomic E-state index is 0. The summed E-state index contributed by atoms with van der Waals surface area (Å²) < 4.78 is 0. The molecule has 0 saturated heterocycles. The minimum Gasteiger partial charge on any atom is -2.00 e. The maximum atomic E-state index is 0. The van der Waals surface area contributed by atoms with Crippen LogP contribution >= 0.6 is 0 Å². The van der Waals surface area contributed by atoms with Gasteiger partial charge in [0.1, 0.15) is 0 Å². The van der Waals surface area contributed by atoms with E-state index in [0.29, 0.717) is 0 Å². The molecule has 0 heterocycles. The average Bonchev–Trinajstić information content (AvgIpc) is 0. The van der Waals surface area contributed by atoms with Crippen LogP contribution in [0, 0.1) is 83.5 Å². The molecule has 0 bridgehead atoms. The molecule has 0 aromatic heterocycles. The molecule has 0 amide bonds. The maximum Gasteiger partial charge on any atom is 3.00 e. The van der Waals surface area contributed by atoms with Crippen LogP contribution in [-0.4, -0.2) is 71.0 Å². The van der Waals surface area contributed by atoms with Gasteiger partial charge in [0.25, 0.3) is 0 Å². The van der Waals surface area contributed by atoms with Crippen molar-refractivity contribution in [3.63, 3.8) is 0 Å². The fourth-order valence-electron chi connectivity index (χ4n) is 0. The predicted octanol–water partition coefficient (Wildman–Crippen LogP) is -1.14. The maximum absolute atomic E-state index is 0. The van der Waals surface area contributed by atoms with Gasteiger partial charge in [-0.2, -0.15) is 0 Å². The van der Waals surface area contributed by atoms with E-state index in [0.717, 1.165) is 0 Å². The summed E-state index contributed by atoms with van der Waals surface area (Å²) in [5.41, 5.74) is 0. The molecule has 0 atom stereocenters. The standard InChI is InChI=1S/2Ce.3Te/q2*+3;3*-2. The van der Waals surface area contributed by atoms with Gasteiger partial charge in [0.05, 0.1) is 0 Å². The predicted molar refractivity (Wildman–Crippen MR) is 17.3 cm³/mol. The third-order valence-electron chi connectivity index (χ3n) is 0. The van der Waals surface area contributed by atoms with E-state index in [1.54, 1.807) is 0 Å². The monoisotopic (exact) mass is 670 g/mol. The van der Waals surface area contributed by atoms with E-state index in [1.807, 2.05) is 0 Å². The summed E-state index contributed by atoms with van der Waals surface area (Å²) in [6.45, 7) is 0. The van der Waals surface area contributed by atoms with Crippen LogP contribution in [0.25, 0.3) is 0 Å². The number of hydrogen-bond acceptors (Lipinski definition) is 0. The van der Waals surface area contributed by atoms with Crippen LogP contribution in [-0.2, 0) is 0 Å². The summed E-state index contributed by atoms with van der Waals surface area (Å²) in [7, 11) is 0. The molecule has 0 aliphatic rings. The SMILES string of the molecule is [Ce+3].[Ce+3].[Te-2].[Te-2].[Te-2]. The quantitative estimate of drug-likeness (QED) is 0.288. The summed E-state index contributed by atoms with van der Waals surface area (Å²) in [6.07, 6.45) is 0. The zero-order valence-corrected chi connectivity index (χ0v) is 15.5. The van der Waals surface area contributed by atoms with Crippen LogP contribution in [0.1, 0.15) is 0 Å². The zero-order valence-electron chi connectivity index (χ0n) is 2.22. The van der Waals surface area contributed by atoms with E-state index in [1.165, 1.54) is 0 Å².